The zero-order valence-corrected chi connectivity index (χ0v) is 9.61. The Morgan fingerprint density at radius 3 is 2.73 bits per heavy atom. The van der Waals surface area contributed by atoms with Crippen LogP contribution < -0.4 is 0 Å². The molecule has 0 fully saturated rings. The minimum absolute atomic E-state index is 0.212. The van der Waals surface area contributed by atoms with Crippen molar-refractivity contribution in [3.63, 3.8) is 0 Å². The molecule has 0 aromatic rings. The summed E-state index contributed by atoms with van der Waals surface area (Å²) < 4.78 is 5.52. The van der Waals surface area contributed by atoms with Crippen molar-refractivity contribution in [3.05, 3.63) is 0 Å². The number of rotatable bonds is 8. The molecule has 0 rings (SSSR count). The summed E-state index contributed by atoms with van der Waals surface area (Å²) in [6.07, 6.45) is 4.97. The van der Waals surface area contributed by atoms with Gasteiger partial charge in [0, 0.05) is 12.5 Å². The van der Waals surface area contributed by atoms with Gasteiger partial charge in [-0.15, -0.1) is 11.6 Å². The molecule has 0 saturated heterocycles. The largest absolute Gasteiger partial charge is 0.424 e. The van der Waals surface area contributed by atoms with Gasteiger partial charge in [0.05, 0.1) is 0 Å². The smallest absolute Gasteiger partial charge is 0.161 e. The van der Waals surface area contributed by atoms with Gasteiger partial charge in [-0.3, -0.25) is 0 Å². The fraction of sp³-hybridized carbons (Fsp3) is 1.00. The van der Waals surface area contributed by atoms with Crippen LogP contribution in [0.3, 0.4) is 0 Å². The number of halogens is 1. The van der Waals surface area contributed by atoms with E-state index in [1.165, 1.54) is 25.3 Å². The van der Waals surface area contributed by atoms with Gasteiger partial charge in [-0.1, -0.05) is 19.8 Å². The van der Waals surface area contributed by atoms with Crippen LogP contribution in [0.5, 0.6) is 0 Å². The molecule has 0 bridgehead atoms. The van der Waals surface area contributed by atoms with E-state index in [1.54, 1.807) is 0 Å². The van der Waals surface area contributed by atoms with Crippen molar-refractivity contribution in [1.82, 2.24) is 0 Å². The monoisotopic (exact) mass is 194 g/mol. The Bertz CT molecular complexity index is 63.1. The molecular weight excluding hydrogens is 176 g/mol. The Morgan fingerprint density at radius 2 is 2.09 bits per heavy atom. The number of alkyl halides is 1. The molecule has 0 saturated carbocycles. The highest BCUT2D eigenvalue weighted by molar-refractivity contribution is 6.27. The Hall–Kier alpha value is 0.467. The summed E-state index contributed by atoms with van der Waals surface area (Å²) in [5.41, 5.74) is 0. The second kappa shape index (κ2) is 10.5. The molecule has 0 N–H and O–H groups in total. The van der Waals surface area contributed by atoms with Crippen LogP contribution in [-0.4, -0.2) is 22.3 Å². The molecule has 1 nitrogen and oxygen atoms in total. The first-order valence-electron chi connectivity index (χ1n) is 4.55. The van der Waals surface area contributed by atoms with Gasteiger partial charge in [0.2, 0.25) is 0 Å². The molecule has 0 aliphatic heterocycles. The molecule has 3 heteroatoms. The highest BCUT2D eigenvalue weighted by atomic mass is 35.5. The van der Waals surface area contributed by atoms with E-state index >= 15 is 0 Å². The SMILES string of the molecule is CCCCCO[SiH2]CCCCl. The molecule has 0 amide bonds. The van der Waals surface area contributed by atoms with Gasteiger partial charge in [-0.05, 0) is 18.9 Å². The van der Waals surface area contributed by atoms with Gasteiger partial charge in [-0.25, -0.2) is 0 Å². The van der Waals surface area contributed by atoms with Crippen molar-refractivity contribution < 1.29 is 4.43 Å². The summed E-state index contributed by atoms with van der Waals surface area (Å²) in [5.74, 6) is 0.797. The van der Waals surface area contributed by atoms with E-state index in [9.17, 15) is 0 Å². The Labute approximate surface area is 77.4 Å². The van der Waals surface area contributed by atoms with E-state index in [2.05, 4.69) is 6.92 Å². The topological polar surface area (TPSA) is 9.23 Å². The first-order valence-corrected chi connectivity index (χ1v) is 6.66. The lowest BCUT2D eigenvalue weighted by Crippen LogP contribution is -2.00. The zero-order valence-electron chi connectivity index (χ0n) is 7.44. The van der Waals surface area contributed by atoms with E-state index in [-0.39, 0.29) is 9.76 Å². The highest BCUT2D eigenvalue weighted by Crippen LogP contribution is 1.96. The summed E-state index contributed by atoms with van der Waals surface area (Å²) in [7, 11) is -0.212. The van der Waals surface area contributed by atoms with Crippen molar-refractivity contribution in [2.45, 2.75) is 38.7 Å². The molecule has 0 unspecified atom stereocenters. The minimum Gasteiger partial charge on any atom is -0.424 e. The summed E-state index contributed by atoms with van der Waals surface area (Å²) in [6, 6.07) is 1.25. The molecule has 0 spiro atoms. The average Bonchev–Trinajstić information content (AvgIpc) is 2.03. The molecular formula is C8H19ClOSi. The van der Waals surface area contributed by atoms with Crippen LogP contribution in [0.2, 0.25) is 6.04 Å². The zero-order chi connectivity index (χ0) is 8.36. The van der Waals surface area contributed by atoms with Crippen molar-refractivity contribution in [3.8, 4) is 0 Å². The summed E-state index contributed by atoms with van der Waals surface area (Å²) in [4.78, 5) is 0. The molecule has 0 aromatic carbocycles. The lowest BCUT2D eigenvalue weighted by molar-refractivity contribution is 0.322. The molecule has 0 radical (unpaired) electrons. The van der Waals surface area contributed by atoms with Crippen molar-refractivity contribution in [1.29, 1.82) is 0 Å². The van der Waals surface area contributed by atoms with Crippen LogP contribution in [0, 0.1) is 0 Å². The van der Waals surface area contributed by atoms with Gasteiger partial charge in [0.15, 0.2) is 9.76 Å². The Balaban J connectivity index is 2.69. The number of hydrogen-bond acceptors (Lipinski definition) is 1. The second-order valence-corrected chi connectivity index (χ2v) is 4.62. The van der Waals surface area contributed by atoms with Crippen LogP contribution in [0.1, 0.15) is 32.6 Å². The fourth-order valence-corrected chi connectivity index (χ4v) is 2.43. The van der Waals surface area contributed by atoms with E-state index in [0.717, 1.165) is 18.9 Å². The van der Waals surface area contributed by atoms with E-state index in [0.29, 0.717) is 0 Å². The normalized spacial score (nSPS) is 11.5. The maximum atomic E-state index is 5.53. The number of unbranched alkanes of at least 4 members (excludes halogenated alkanes) is 2. The van der Waals surface area contributed by atoms with Gasteiger partial charge >= 0.3 is 0 Å². The predicted octanol–water partition coefficient (Wildman–Crippen LogP) is 2.32. The average molecular weight is 195 g/mol. The van der Waals surface area contributed by atoms with Crippen LogP contribution >= 0.6 is 11.6 Å². The molecule has 68 valence electrons. The van der Waals surface area contributed by atoms with Gasteiger partial charge in [0.25, 0.3) is 0 Å². The Morgan fingerprint density at radius 1 is 1.27 bits per heavy atom. The summed E-state index contributed by atoms with van der Waals surface area (Å²) >= 11 is 5.53. The maximum absolute atomic E-state index is 5.53. The van der Waals surface area contributed by atoms with Crippen molar-refractivity contribution in [2.24, 2.45) is 0 Å². The third-order valence-electron chi connectivity index (χ3n) is 1.56. The third kappa shape index (κ3) is 10.5. The summed E-state index contributed by atoms with van der Waals surface area (Å²) in [6.45, 7) is 3.20. The summed E-state index contributed by atoms with van der Waals surface area (Å²) in [5, 5.41) is 0. The molecule has 11 heavy (non-hydrogen) atoms. The maximum Gasteiger partial charge on any atom is 0.161 e. The van der Waals surface area contributed by atoms with Crippen molar-refractivity contribution >= 4 is 21.4 Å². The Kier molecular flexibility index (Phi) is 10.9. The van der Waals surface area contributed by atoms with Gasteiger partial charge in [0.1, 0.15) is 0 Å². The van der Waals surface area contributed by atoms with E-state index < -0.39 is 0 Å². The van der Waals surface area contributed by atoms with Crippen LogP contribution in [0.15, 0.2) is 0 Å². The predicted molar refractivity (Wildman–Crippen MR) is 54.2 cm³/mol. The lowest BCUT2D eigenvalue weighted by Gasteiger charge is -2.01. The lowest BCUT2D eigenvalue weighted by atomic mass is 10.3. The van der Waals surface area contributed by atoms with Crippen molar-refractivity contribution in [2.75, 3.05) is 12.5 Å². The molecule has 0 aromatic heterocycles. The highest BCUT2D eigenvalue weighted by Gasteiger charge is 1.89. The van der Waals surface area contributed by atoms with E-state index in [4.69, 9.17) is 16.0 Å². The fourth-order valence-electron chi connectivity index (χ4n) is 0.855. The molecule has 0 aliphatic rings. The van der Waals surface area contributed by atoms with Crippen LogP contribution in [0.25, 0.3) is 0 Å². The van der Waals surface area contributed by atoms with Gasteiger partial charge in [-0.2, -0.15) is 0 Å². The number of hydrogen-bond donors (Lipinski definition) is 0. The first kappa shape index (κ1) is 11.5. The first-order chi connectivity index (χ1) is 5.41. The van der Waals surface area contributed by atoms with E-state index in [1.807, 2.05) is 0 Å². The van der Waals surface area contributed by atoms with Crippen LogP contribution in [-0.2, 0) is 4.43 Å². The molecule has 0 heterocycles. The van der Waals surface area contributed by atoms with Crippen LogP contribution in [0.4, 0.5) is 0 Å². The minimum atomic E-state index is -0.212. The van der Waals surface area contributed by atoms with Gasteiger partial charge < -0.3 is 4.43 Å². The third-order valence-corrected chi connectivity index (χ3v) is 3.20. The standard InChI is InChI=1S/C8H19ClOSi/c1-2-3-4-7-10-11-8-5-6-9/h2-8,11H2,1H3. The molecule has 0 atom stereocenters. The second-order valence-electron chi connectivity index (χ2n) is 2.72. The quantitative estimate of drug-likeness (QED) is 0.328. The molecule has 0 aliphatic carbocycles.